The quantitative estimate of drug-likeness (QED) is 0.510. The molecule has 0 unspecified atom stereocenters. The molecule has 0 spiro atoms. The summed E-state index contributed by atoms with van der Waals surface area (Å²) >= 11 is -2.85. The Morgan fingerprint density at radius 3 is 3.38 bits per heavy atom. The molecule has 0 radical (unpaired) electrons. The first-order chi connectivity index (χ1) is 4.49. The molecule has 0 atom stereocenters. The van der Waals surface area contributed by atoms with Crippen molar-refractivity contribution >= 4 is 17.9 Å². The maximum Gasteiger partial charge on any atom is 0.257 e. The maximum atomic E-state index is 10.6. The number of rotatable bonds is 0. The lowest BCUT2D eigenvalue weighted by Gasteiger charge is -2.12. The van der Waals surface area contributed by atoms with Gasteiger partial charge in [0.1, 0.15) is 8.01 Å². The predicted molar refractivity (Wildman–Crippen MR) is 33.4 cm³/mol. The predicted octanol–water partition coefficient (Wildman–Crippen LogP) is 0.0644. The third kappa shape index (κ3) is 1.16. The summed E-state index contributed by atoms with van der Waals surface area (Å²) in [5.41, 5.74) is 0. The standard InChI is InChI=1S/C4H7NO2S/c1-3-2-4(6)5-8-7-3/h2H,8H2,1H3,(H,5,6)/i8D2. The van der Waals surface area contributed by atoms with Crippen LogP contribution in [0, 0.1) is 0 Å². The van der Waals surface area contributed by atoms with Gasteiger partial charge >= 0.3 is 0 Å². The molecule has 8 heavy (non-hydrogen) atoms. The molecule has 0 fully saturated rings. The summed E-state index contributed by atoms with van der Waals surface area (Å²) in [4.78, 5) is 10.6. The van der Waals surface area contributed by atoms with Gasteiger partial charge in [-0.2, -0.15) is 0 Å². The monoisotopic (exact) mass is 135 g/mol. The van der Waals surface area contributed by atoms with Gasteiger partial charge in [0.05, 0.1) is 0 Å². The highest BCUT2D eigenvalue weighted by atomic mass is 32.2. The maximum absolute atomic E-state index is 10.6. The second-order valence-corrected chi connectivity index (χ2v) is 1.93. The first-order valence-electron chi connectivity index (χ1n) is 2.92. The molecule has 1 N–H and O–H groups in total. The van der Waals surface area contributed by atoms with Gasteiger partial charge in [0.15, 0.2) is 0 Å². The number of hydrogen-bond acceptors (Lipinski definition) is 2. The molecule has 0 saturated carbocycles. The Balaban J connectivity index is 2.80. The smallest absolute Gasteiger partial charge is 0.257 e. The Hall–Kier alpha value is -0.640. The molecular weight excluding hydrogens is 126 g/mol. The summed E-state index contributed by atoms with van der Waals surface area (Å²) < 4.78 is 20.8. The number of carbonyl (C=O) groups is 1. The zero-order valence-corrected chi connectivity index (χ0v) is 5.12. The molecule has 0 aromatic carbocycles. The topological polar surface area (TPSA) is 38.3 Å². The average Bonchev–Trinajstić information content (AvgIpc) is 1.54. The summed E-state index contributed by atoms with van der Waals surface area (Å²) in [6.07, 6.45) is 1.22. The first kappa shape index (κ1) is 3.40. The van der Waals surface area contributed by atoms with E-state index in [0.717, 1.165) is 0 Å². The van der Waals surface area contributed by atoms with Crippen LogP contribution in [0.4, 0.5) is 0 Å². The Kier molecular flexibility index (Phi) is 0.886. The van der Waals surface area contributed by atoms with E-state index < -0.39 is 17.9 Å². The molecule has 0 aliphatic carbocycles. The van der Waals surface area contributed by atoms with E-state index in [4.69, 9.17) is 2.25 Å². The Bertz CT molecular complexity index is 203. The van der Waals surface area contributed by atoms with Crippen molar-refractivity contribution in [2.24, 2.45) is 0 Å². The lowest BCUT2D eigenvalue weighted by molar-refractivity contribution is -0.115. The van der Waals surface area contributed by atoms with Crippen LogP contribution in [0.1, 0.15) is 6.92 Å². The van der Waals surface area contributed by atoms with E-state index in [0.29, 0.717) is 5.76 Å². The minimum Gasteiger partial charge on any atom is -0.441 e. The molecule has 0 aromatic heterocycles. The van der Waals surface area contributed by atoms with E-state index in [9.17, 15) is 4.79 Å². The number of amides is 1. The van der Waals surface area contributed by atoms with E-state index in [1.165, 1.54) is 6.08 Å². The third-order valence-electron chi connectivity index (χ3n) is 0.650. The van der Waals surface area contributed by atoms with Crippen LogP contribution in [0.5, 0.6) is 0 Å². The van der Waals surface area contributed by atoms with Crippen molar-refractivity contribution in [1.29, 1.82) is 2.25 Å². The number of allylic oxidation sites excluding steroid dienone is 1. The molecule has 1 aliphatic rings. The van der Waals surface area contributed by atoms with Crippen LogP contribution >= 0.6 is 12.0 Å². The lowest BCUT2D eigenvalue weighted by atomic mass is 10.5. The Morgan fingerprint density at radius 1 is 2.12 bits per heavy atom. The van der Waals surface area contributed by atoms with Gasteiger partial charge in [0.2, 0.25) is 0 Å². The van der Waals surface area contributed by atoms with Crippen LogP contribution in [0.2, 0.25) is 0 Å². The number of carbonyl (C=O) groups excluding carboxylic acids is 1. The summed E-state index contributed by atoms with van der Waals surface area (Å²) in [5, 5.41) is 0. The third-order valence-corrected chi connectivity index (χ3v) is 1.28. The van der Waals surface area contributed by atoms with Crippen LogP contribution in [-0.4, -0.2) is 8.15 Å². The molecule has 1 heterocycles. The largest absolute Gasteiger partial charge is 0.441 e. The average molecular weight is 135 g/mol. The molecule has 0 aromatic rings. The van der Waals surface area contributed by atoms with Crippen molar-refractivity contribution in [3.05, 3.63) is 11.8 Å². The van der Waals surface area contributed by atoms with Crippen molar-refractivity contribution in [3.63, 3.8) is 0 Å². The zero-order valence-electron chi connectivity index (χ0n) is 6.30. The van der Waals surface area contributed by atoms with Crippen LogP contribution in [0.3, 0.4) is 0 Å². The highest BCUT2D eigenvalue weighted by molar-refractivity contribution is 7.93. The molecule has 0 bridgehead atoms. The van der Waals surface area contributed by atoms with E-state index in [2.05, 4.69) is 8.91 Å². The van der Waals surface area contributed by atoms with Crippen LogP contribution in [0.25, 0.3) is 0 Å². The second kappa shape index (κ2) is 2.09. The molecule has 4 heteroatoms. The molecule has 46 valence electrons. The summed E-state index contributed by atoms with van der Waals surface area (Å²) in [6, 6.07) is 0. The van der Waals surface area contributed by atoms with E-state index >= 15 is 0 Å². The van der Waals surface area contributed by atoms with Crippen molar-refractivity contribution < 1.29 is 8.98 Å². The number of nitrogens with one attached hydrogen (secondary N) is 1. The SMILES string of the molecule is [2H]S1([2H])NC(=O)C=C(C)O1. The van der Waals surface area contributed by atoms with Crippen molar-refractivity contribution in [2.75, 3.05) is 0 Å². The summed E-state index contributed by atoms with van der Waals surface area (Å²) in [5.74, 6) is -0.104. The molecule has 1 rings (SSSR count). The summed E-state index contributed by atoms with van der Waals surface area (Å²) in [7, 11) is 0. The fraction of sp³-hybridized carbons (Fsp3) is 0.250. The van der Waals surface area contributed by atoms with Crippen molar-refractivity contribution in [2.45, 2.75) is 6.92 Å². The van der Waals surface area contributed by atoms with Crippen LogP contribution in [0.15, 0.2) is 11.8 Å². The molecular formula is C4H7NO2S. The minimum absolute atomic E-state index is 0.323. The van der Waals surface area contributed by atoms with Crippen molar-refractivity contribution in [3.8, 4) is 0 Å². The fourth-order valence-corrected chi connectivity index (χ4v) is 0.728. The van der Waals surface area contributed by atoms with Crippen LogP contribution in [-0.2, 0) is 8.98 Å². The van der Waals surface area contributed by atoms with Gasteiger partial charge in [-0.25, -0.2) is 0 Å². The fourth-order valence-electron chi connectivity index (χ4n) is 0.366. The number of hydrogen-bond donors (Lipinski definition) is 1. The molecule has 1 aliphatic heterocycles. The minimum atomic E-state index is -2.85. The van der Waals surface area contributed by atoms with Crippen LogP contribution < -0.4 is 4.72 Å². The van der Waals surface area contributed by atoms with Gasteiger partial charge in [-0.05, 0) is 19.0 Å². The molecule has 1 amide bonds. The first-order valence-corrected chi connectivity index (χ1v) is 2.85. The van der Waals surface area contributed by atoms with Gasteiger partial charge in [-0.15, -0.1) is 0 Å². The van der Waals surface area contributed by atoms with Gasteiger partial charge in [-0.1, -0.05) is 0 Å². The van der Waals surface area contributed by atoms with E-state index in [1.807, 2.05) is 0 Å². The highest BCUT2D eigenvalue weighted by Gasteiger charge is 2.01. The Labute approximate surface area is 53.6 Å². The zero-order chi connectivity index (χ0) is 7.78. The second-order valence-electron chi connectivity index (χ2n) is 1.39. The lowest BCUT2D eigenvalue weighted by Crippen LogP contribution is -2.17. The highest BCUT2D eigenvalue weighted by Crippen LogP contribution is 2.10. The van der Waals surface area contributed by atoms with Gasteiger partial charge < -0.3 is 4.18 Å². The van der Waals surface area contributed by atoms with E-state index in [1.54, 1.807) is 6.92 Å². The van der Waals surface area contributed by atoms with Crippen molar-refractivity contribution in [1.82, 2.24) is 4.72 Å². The van der Waals surface area contributed by atoms with Gasteiger partial charge in [0.25, 0.3) is 5.91 Å². The van der Waals surface area contributed by atoms with Gasteiger partial charge in [-0.3, -0.25) is 9.52 Å². The summed E-state index contributed by atoms with van der Waals surface area (Å²) in [6.45, 7) is 1.55. The van der Waals surface area contributed by atoms with Gasteiger partial charge in [0, 0.05) is 6.08 Å². The Morgan fingerprint density at radius 2 is 2.88 bits per heavy atom. The molecule has 0 saturated heterocycles. The normalized spacial score (nSPS) is 32.6. The molecule has 3 nitrogen and oxygen atoms in total. The van der Waals surface area contributed by atoms with E-state index in [-0.39, 0.29) is 0 Å².